The molecule has 0 aromatic carbocycles. The molecule has 10 heteroatoms. The molecule has 0 aromatic rings. The molecule has 51 heavy (non-hydrogen) atoms. The summed E-state index contributed by atoms with van der Waals surface area (Å²) in [6.07, 6.45) is 25.4. The lowest BCUT2D eigenvalue weighted by atomic mass is 9.97. The summed E-state index contributed by atoms with van der Waals surface area (Å²) in [6, 6.07) is 2.12. The molecule has 6 aliphatic heterocycles. The molecule has 0 saturated carbocycles. The summed E-state index contributed by atoms with van der Waals surface area (Å²) in [5.74, 6) is 1.79. The molecule has 6 aliphatic rings. The number of allylic oxidation sites excluding steroid dienone is 2. The third-order valence-corrected chi connectivity index (χ3v) is 12.5. The number of nitrogens with zero attached hydrogens (tertiary/aromatic N) is 2. The average molecular weight is 709 g/mol. The molecular formula is C41H68N6O4+2. The van der Waals surface area contributed by atoms with E-state index in [4.69, 9.17) is 9.47 Å². The SMILES string of the molecule is CCCCCCC[C@H]1C[C@H]2CC[C@H]3C(C(=O)OCCCCCC4=C(C(=O)OC)[C@@H]5CC[C@@H]6C[C@H](CCCCCCC)NC(=[N+]65)N4)=C(C)NC(=[N+]23)N1. The molecule has 6 rings (SSSR count). The topological polar surface area (TPSA) is 107 Å². The van der Waals surface area contributed by atoms with Crippen LogP contribution in [-0.2, 0) is 19.1 Å². The van der Waals surface area contributed by atoms with E-state index in [1.807, 2.05) is 6.92 Å². The van der Waals surface area contributed by atoms with Crippen molar-refractivity contribution in [3.8, 4) is 0 Å². The standard InChI is InChI=1S/C41H66N6O4/c1-5-7-9-11-14-18-29-26-31-21-23-34-36(28(3)42-40(43-29)46(31)34)39(49)51-25-17-13-16-20-33-37(38(48)50-4)35-24-22-32-27-30(19-15-12-10-8-6-2)44-41(45-33)47(32)35/h29-32,34-35H,5-27H2,1-4H3,(H2,42,43,44,45,48,49)/p+2/t29-,30-,31+,32+,34-,35-/m0/s1. The molecule has 284 valence electrons. The van der Waals surface area contributed by atoms with E-state index in [2.05, 4.69) is 44.3 Å². The second-order valence-electron chi connectivity index (χ2n) is 16.2. The van der Waals surface area contributed by atoms with Crippen LogP contribution >= 0.6 is 0 Å². The number of ether oxygens (including phenoxy) is 2. The van der Waals surface area contributed by atoms with Crippen LogP contribution in [0.25, 0.3) is 0 Å². The molecule has 2 fully saturated rings. The Labute approximate surface area is 307 Å². The Kier molecular flexibility index (Phi) is 13.4. The number of hydrogen-bond acceptors (Lipinski definition) is 8. The quantitative estimate of drug-likeness (QED) is 0.0670. The fraction of sp³-hybridized carbons (Fsp3) is 0.805. The normalized spacial score (nSPS) is 27.8. The van der Waals surface area contributed by atoms with Crippen LogP contribution in [0.1, 0.15) is 162 Å². The molecule has 6 atom stereocenters. The molecular weight excluding hydrogens is 640 g/mol. The van der Waals surface area contributed by atoms with Gasteiger partial charge in [-0.25, -0.2) is 20.2 Å². The summed E-state index contributed by atoms with van der Waals surface area (Å²) in [7, 11) is 1.49. The minimum absolute atomic E-state index is 0.0813. The van der Waals surface area contributed by atoms with E-state index in [0.717, 1.165) is 98.7 Å². The zero-order valence-electron chi connectivity index (χ0n) is 32.3. The first-order valence-electron chi connectivity index (χ1n) is 21.0. The van der Waals surface area contributed by atoms with E-state index in [1.165, 1.54) is 84.2 Å². The summed E-state index contributed by atoms with van der Waals surface area (Å²) < 4.78 is 16.1. The van der Waals surface area contributed by atoms with Gasteiger partial charge in [-0.1, -0.05) is 78.1 Å². The molecule has 0 aromatic heterocycles. The van der Waals surface area contributed by atoms with Crippen molar-refractivity contribution in [2.24, 2.45) is 0 Å². The van der Waals surface area contributed by atoms with E-state index in [0.29, 0.717) is 30.8 Å². The van der Waals surface area contributed by atoms with Crippen molar-refractivity contribution in [1.82, 2.24) is 21.3 Å². The van der Waals surface area contributed by atoms with Crippen LogP contribution in [0.5, 0.6) is 0 Å². The van der Waals surface area contributed by atoms with E-state index < -0.39 is 0 Å². The first-order valence-corrected chi connectivity index (χ1v) is 21.0. The molecule has 0 amide bonds. The van der Waals surface area contributed by atoms with Crippen LogP contribution in [0.4, 0.5) is 0 Å². The Morgan fingerprint density at radius 3 is 1.80 bits per heavy atom. The number of esters is 2. The van der Waals surface area contributed by atoms with Gasteiger partial charge in [0.2, 0.25) is 0 Å². The predicted molar refractivity (Wildman–Crippen MR) is 201 cm³/mol. The number of hydrogen-bond donors (Lipinski definition) is 4. The van der Waals surface area contributed by atoms with Crippen LogP contribution in [0, 0.1) is 0 Å². The van der Waals surface area contributed by atoms with Crippen molar-refractivity contribution in [1.29, 1.82) is 0 Å². The van der Waals surface area contributed by atoms with Gasteiger partial charge < -0.3 is 9.47 Å². The molecule has 0 aliphatic carbocycles. The van der Waals surface area contributed by atoms with Crippen LogP contribution < -0.4 is 21.3 Å². The Morgan fingerprint density at radius 2 is 1.22 bits per heavy atom. The third-order valence-electron chi connectivity index (χ3n) is 12.5. The maximum atomic E-state index is 13.5. The Hall–Kier alpha value is -3.04. The molecule has 0 unspecified atom stereocenters. The Bertz CT molecular complexity index is 1380. The first kappa shape index (κ1) is 37.7. The predicted octanol–water partition coefficient (Wildman–Crippen LogP) is 6.24. The van der Waals surface area contributed by atoms with E-state index >= 15 is 0 Å². The zero-order valence-corrected chi connectivity index (χ0v) is 32.3. The van der Waals surface area contributed by atoms with Crippen LogP contribution in [0.2, 0.25) is 0 Å². The molecule has 0 radical (unpaired) electrons. The summed E-state index contributed by atoms with van der Waals surface area (Å²) in [5.41, 5.74) is 3.53. The fourth-order valence-electron chi connectivity index (χ4n) is 9.94. The maximum absolute atomic E-state index is 13.5. The highest BCUT2D eigenvalue weighted by Gasteiger charge is 2.50. The number of carbonyl (C=O) groups is 2. The highest BCUT2D eigenvalue weighted by Crippen LogP contribution is 2.36. The zero-order chi connectivity index (χ0) is 35.7. The van der Waals surface area contributed by atoms with Crippen molar-refractivity contribution in [3.05, 3.63) is 22.5 Å². The van der Waals surface area contributed by atoms with Gasteiger partial charge in [0.1, 0.15) is 23.2 Å². The van der Waals surface area contributed by atoms with Gasteiger partial charge in [-0.15, -0.1) is 0 Å². The number of unbranched alkanes of at least 4 members (excludes halogenated alkanes) is 10. The monoisotopic (exact) mass is 709 g/mol. The summed E-state index contributed by atoms with van der Waals surface area (Å²) in [4.78, 5) is 26.6. The molecule has 2 saturated heterocycles. The Balaban J connectivity index is 0.966. The van der Waals surface area contributed by atoms with Crippen molar-refractivity contribution in [3.63, 3.8) is 0 Å². The first-order chi connectivity index (χ1) is 24.9. The van der Waals surface area contributed by atoms with Crippen molar-refractivity contribution in [2.45, 2.75) is 198 Å². The molecule has 10 nitrogen and oxygen atoms in total. The van der Waals surface area contributed by atoms with Crippen LogP contribution in [0.15, 0.2) is 22.5 Å². The lowest BCUT2D eigenvalue weighted by Crippen LogP contribution is -2.59. The van der Waals surface area contributed by atoms with Crippen molar-refractivity contribution >= 4 is 23.9 Å². The van der Waals surface area contributed by atoms with E-state index in [9.17, 15) is 9.59 Å². The van der Waals surface area contributed by atoms with Crippen LogP contribution in [0.3, 0.4) is 0 Å². The van der Waals surface area contributed by atoms with Gasteiger partial charge in [0, 0.05) is 19.3 Å². The summed E-state index contributed by atoms with van der Waals surface area (Å²) in [6.45, 7) is 6.97. The number of carbonyl (C=O) groups excluding carboxylic acids is 2. The molecule has 4 N–H and O–H groups in total. The number of nitrogens with one attached hydrogen (secondary N) is 4. The van der Waals surface area contributed by atoms with Crippen molar-refractivity contribution in [2.75, 3.05) is 13.7 Å². The van der Waals surface area contributed by atoms with Gasteiger partial charge in [-0.3, -0.25) is 19.8 Å². The smallest absolute Gasteiger partial charge is 0.351 e. The van der Waals surface area contributed by atoms with E-state index in [1.54, 1.807) is 0 Å². The van der Waals surface area contributed by atoms with Gasteiger partial charge in [0.25, 0.3) is 0 Å². The highest BCUT2D eigenvalue weighted by molar-refractivity contribution is 5.94. The minimum atomic E-state index is -0.213. The minimum Gasteiger partial charge on any atom is -0.465 e. The van der Waals surface area contributed by atoms with Gasteiger partial charge in [-0.2, -0.15) is 0 Å². The van der Waals surface area contributed by atoms with Gasteiger partial charge in [0.05, 0.1) is 49.3 Å². The van der Waals surface area contributed by atoms with Crippen molar-refractivity contribution < 1.29 is 28.2 Å². The average Bonchev–Trinajstić information content (AvgIpc) is 3.75. The fourth-order valence-corrected chi connectivity index (χ4v) is 9.94. The Morgan fingerprint density at radius 1 is 0.667 bits per heavy atom. The highest BCUT2D eigenvalue weighted by atomic mass is 16.5. The number of guanidine groups is 2. The molecule has 0 spiro atoms. The molecule has 0 bridgehead atoms. The van der Waals surface area contributed by atoms with Crippen LogP contribution in [-0.4, -0.2) is 83.0 Å². The maximum Gasteiger partial charge on any atom is 0.351 e. The largest absolute Gasteiger partial charge is 0.465 e. The van der Waals surface area contributed by atoms with E-state index in [-0.39, 0.29) is 24.0 Å². The molecule has 6 heterocycles. The second kappa shape index (κ2) is 18.1. The van der Waals surface area contributed by atoms with Gasteiger partial charge >= 0.3 is 23.9 Å². The summed E-state index contributed by atoms with van der Waals surface area (Å²) in [5, 5.41) is 14.8. The van der Waals surface area contributed by atoms with Gasteiger partial charge in [0.15, 0.2) is 0 Å². The lowest BCUT2D eigenvalue weighted by Gasteiger charge is -2.34. The third kappa shape index (κ3) is 8.78. The second-order valence-corrected chi connectivity index (χ2v) is 16.2. The number of rotatable bonds is 20. The summed E-state index contributed by atoms with van der Waals surface area (Å²) >= 11 is 0. The van der Waals surface area contributed by atoms with Gasteiger partial charge in [-0.05, 0) is 64.7 Å². The number of methoxy groups -OCH3 is 1. The lowest BCUT2D eigenvalue weighted by molar-refractivity contribution is -0.581.